The minimum absolute atomic E-state index is 0.154. The number of rotatable bonds is 7. The number of ether oxygens (including phenoxy) is 1. The van der Waals surface area contributed by atoms with Gasteiger partial charge in [0.15, 0.2) is 5.82 Å². The van der Waals surface area contributed by atoms with E-state index < -0.39 is 61.3 Å². The SMILES string of the molecule is COC(=O)C=Cc1cnc2[nH]cc(C(=O)c3c(F)ccc(NS(=O)(=O)c4ccc(C(F)(F)F)cc4)c3F)c2c1. The highest BCUT2D eigenvalue weighted by molar-refractivity contribution is 7.92. The van der Waals surface area contributed by atoms with Gasteiger partial charge < -0.3 is 9.72 Å². The van der Waals surface area contributed by atoms with E-state index in [4.69, 9.17) is 0 Å². The van der Waals surface area contributed by atoms with E-state index in [2.05, 4.69) is 14.7 Å². The van der Waals surface area contributed by atoms with Crippen molar-refractivity contribution in [2.75, 3.05) is 11.8 Å². The Bertz CT molecular complexity index is 1730. The summed E-state index contributed by atoms with van der Waals surface area (Å²) in [5.74, 6) is -4.64. The van der Waals surface area contributed by atoms with E-state index in [1.54, 1.807) is 0 Å². The summed E-state index contributed by atoms with van der Waals surface area (Å²) in [7, 11) is -3.44. The van der Waals surface area contributed by atoms with Crippen LogP contribution < -0.4 is 4.72 Å². The van der Waals surface area contributed by atoms with Crippen LogP contribution in [0.2, 0.25) is 0 Å². The van der Waals surface area contributed by atoms with Crippen LogP contribution in [-0.2, 0) is 25.7 Å². The summed E-state index contributed by atoms with van der Waals surface area (Å²) in [5, 5.41) is 0.154. The van der Waals surface area contributed by atoms with Crippen molar-refractivity contribution in [2.24, 2.45) is 0 Å². The van der Waals surface area contributed by atoms with E-state index in [0.29, 0.717) is 35.9 Å². The molecule has 0 aliphatic carbocycles. The van der Waals surface area contributed by atoms with Crippen LogP contribution in [0.4, 0.5) is 27.6 Å². The molecular formula is C25H16F5N3O5S. The number of ketones is 1. The van der Waals surface area contributed by atoms with Gasteiger partial charge in [0.25, 0.3) is 10.0 Å². The molecule has 0 aliphatic rings. The van der Waals surface area contributed by atoms with Crippen LogP contribution in [0, 0.1) is 11.6 Å². The highest BCUT2D eigenvalue weighted by atomic mass is 32.2. The predicted octanol–water partition coefficient (Wildman–Crippen LogP) is 5.08. The number of fused-ring (bicyclic) bond motifs is 1. The van der Waals surface area contributed by atoms with Gasteiger partial charge in [0.1, 0.15) is 11.5 Å². The highest BCUT2D eigenvalue weighted by Gasteiger charge is 2.31. The number of carbonyl (C=O) groups excluding carboxylic acids is 2. The average Bonchev–Trinajstić information content (AvgIpc) is 3.32. The zero-order chi connectivity index (χ0) is 28.5. The van der Waals surface area contributed by atoms with Crippen molar-refractivity contribution in [3.63, 3.8) is 0 Å². The van der Waals surface area contributed by atoms with Crippen LogP contribution in [0.15, 0.2) is 65.8 Å². The van der Waals surface area contributed by atoms with Gasteiger partial charge in [0, 0.05) is 29.4 Å². The van der Waals surface area contributed by atoms with Crippen molar-refractivity contribution in [3.05, 3.63) is 94.8 Å². The summed E-state index contributed by atoms with van der Waals surface area (Å²) in [6.45, 7) is 0. The fourth-order valence-corrected chi connectivity index (χ4v) is 4.59. The van der Waals surface area contributed by atoms with Gasteiger partial charge in [-0.25, -0.2) is 27.0 Å². The maximum absolute atomic E-state index is 15.3. The number of nitrogens with zero attached hydrogens (tertiary/aromatic N) is 1. The number of methoxy groups -OCH3 is 1. The number of alkyl halides is 3. The molecule has 14 heteroatoms. The van der Waals surface area contributed by atoms with Crippen molar-refractivity contribution >= 4 is 44.6 Å². The Morgan fingerprint density at radius 3 is 2.41 bits per heavy atom. The molecule has 2 N–H and O–H groups in total. The Kier molecular flexibility index (Phi) is 7.24. The van der Waals surface area contributed by atoms with Crippen LogP contribution in [0.1, 0.15) is 27.0 Å². The Labute approximate surface area is 217 Å². The van der Waals surface area contributed by atoms with E-state index in [9.17, 15) is 35.6 Å². The Hall–Kier alpha value is -4.59. The number of nitrogens with one attached hydrogen (secondary N) is 2. The van der Waals surface area contributed by atoms with Crippen molar-refractivity contribution < 1.29 is 44.7 Å². The lowest BCUT2D eigenvalue weighted by molar-refractivity contribution is -0.137. The molecule has 0 fully saturated rings. The lowest BCUT2D eigenvalue weighted by Crippen LogP contribution is -2.17. The second-order valence-corrected chi connectivity index (χ2v) is 9.65. The third-order valence-electron chi connectivity index (χ3n) is 5.46. The third kappa shape index (κ3) is 5.65. The maximum atomic E-state index is 15.3. The van der Waals surface area contributed by atoms with Gasteiger partial charge in [0.2, 0.25) is 5.78 Å². The van der Waals surface area contributed by atoms with Gasteiger partial charge in [0.05, 0.1) is 28.8 Å². The summed E-state index contributed by atoms with van der Waals surface area (Å²) >= 11 is 0. The van der Waals surface area contributed by atoms with Crippen molar-refractivity contribution in [1.29, 1.82) is 0 Å². The zero-order valence-electron chi connectivity index (χ0n) is 19.6. The number of H-pyrrole nitrogens is 1. The summed E-state index contributed by atoms with van der Waals surface area (Å²) < 4.78 is 100. The van der Waals surface area contributed by atoms with Crippen molar-refractivity contribution in [2.45, 2.75) is 11.1 Å². The second-order valence-electron chi connectivity index (χ2n) is 7.96. The lowest BCUT2D eigenvalue weighted by Gasteiger charge is -2.13. The standard InChI is InChI=1S/C25H16F5N3O5S/c1-38-20(34)9-2-13-10-16-17(12-32-24(16)31-11-13)23(35)21-18(26)7-8-19(22(21)27)33-39(36,37)15-5-3-14(4-6-15)25(28,29)30/h2-12,33H,1H3,(H,31,32). The minimum atomic E-state index is -4.70. The number of halogens is 5. The quantitative estimate of drug-likeness (QED) is 0.140. The number of hydrogen-bond acceptors (Lipinski definition) is 6. The molecule has 0 aliphatic heterocycles. The Morgan fingerprint density at radius 2 is 1.77 bits per heavy atom. The molecule has 2 aromatic heterocycles. The first-order valence-electron chi connectivity index (χ1n) is 10.8. The summed E-state index contributed by atoms with van der Waals surface area (Å²) in [5.41, 5.74) is -2.64. The largest absolute Gasteiger partial charge is 0.466 e. The third-order valence-corrected chi connectivity index (χ3v) is 6.85. The van der Waals surface area contributed by atoms with Crippen molar-refractivity contribution in [3.8, 4) is 0 Å². The number of sulfonamides is 1. The smallest absolute Gasteiger partial charge is 0.416 e. The molecular weight excluding hydrogens is 549 g/mol. The fourth-order valence-electron chi connectivity index (χ4n) is 3.53. The topological polar surface area (TPSA) is 118 Å². The van der Waals surface area contributed by atoms with Gasteiger partial charge >= 0.3 is 12.1 Å². The summed E-state index contributed by atoms with van der Waals surface area (Å²) in [6.07, 6.45) is 0.264. The van der Waals surface area contributed by atoms with Crippen molar-refractivity contribution in [1.82, 2.24) is 9.97 Å². The summed E-state index contributed by atoms with van der Waals surface area (Å²) in [4.78, 5) is 30.7. The number of esters is 1. The Morgan fingerprint density at radius 1 is 1.08 bits per heavy atom. The minimum Gasteiger partial charge on any atom is -0.466 e. The average molecular weight is 565 g/mol. The molecule has 0 atom stereocenters. The molecule has 202 valence electrons. The van der Waals surface area contributed by atoms with E-state index in [1.807, 2.05) is 4.72 Å². The van der Waals surface area contributed by atoms with E-state index in [-0.39, 0.29) is 16.6 Å². The molecule has 0 spiro atoms. The van der Waals surface area contributed by atoms with E-state index >= 15 is 4.39 Å². The van der Waals surface area contributed by atoms with Gasteiger partial charge in [-0.2, -0.15) is 13.2 Å². The number of benzene rings is 2. The highest BCUT2D eigenvalue weighted by Crippen LogP contribution is 2.31. The molecule has 0 unspecified atom stereocenters. The van der Waals surface area contributed by atoms with Crippen LogP contribution in [-0.4, -0.2) is 37.2 Å². The van der Waals surface area contributed by atoms with Gasteiger partial charge in [-0.3, -0.25) is 9.52 Å². The number of pyridine rings is 1. The molecule has 0 bridgehead atoms. The number of anilines is 1. The van der Waals surface area contributed by atoms with Gasteiger partial charge in [-0.15, -0.1) is 0 Å². The van der Waals surface area contributed by atoms with Gasteiger partial charge in [-0.1, -0.05) is 0 Å². The van der Waals surface area contributed by atoms with Crippen LogP contribution in [0.3, 0.4) is 0 Å². The molecule has 0 amide bonds. The molecule has 4 aromatic rings. The predicted molar refractivity (Wildman–Crippen MR) is 129 cm³/mol. The van der Waals surface area contributed by atoms with Crippen LogP contribution in [0.25, 0.3) is 17.1 Å². The molecule has 0 saturated carbocycles. The maximum Gasteiger partial charge on any atom is 0.416 e. The molecule has 8 nitrogen and oxygen atoms in total. The first-order chi connectivity index (χ1) is 18.3. The van der Waals surface area contributed by atoms with E-state index in [0.717, 1.165) is 18.3 Å². The molecule has 0 saturated heterocycles. The summed E-state index contributed by atoms with van der Waals surface area (Å²) in [6, 6.07) is 5.23. The first-order valence-corrected chi connectivity index (χ1v) is 12.3. The molecule has 0 radical (unpaired) electrons. The molecule has 2 aromatic carbocycles. The first kappa shape index (κ1) is 27.4. The number of hydrogen-bond donors (Lipinski definition) is 2. The monoisotopic (exact) mass is 565 g/mol. The van der Waals surface area contributed by atoms with Crippen LogP contribution >= 0.6 is 0 Å². The normalized spacial score (nSPS) is 12.2. The number of aromatic amines is 1. The molecule has 2 heterocycles. The lowest BCUT2D eigenvalue weighted by atomic mass is 10.0. The number of aromatic nitrogens is 2. The fraction of sp³-hybridized carbons (Fsp3) is 0.0800. The Balaban J connectivity index is 1.69. The van der Waals surface area contributed by atoms with Gasteiger partial charge in [-0.05, 0) is 54.1 Å². The second kappa shape index (κ2) is 10.3. The molecule has 39 heavy (non-hydrogen) atoms. The van der Waals surface area contributed by atoms with Crippen LogP contribution in [0.5, 0.6) is 0 Å². The van der Waals surface area contributed by atoms with E-state index in [1.165, 1.54) is 25.4 Å². The zero-order valence-corrected chi connectivity index (χ0v) is 20.5. The molecule has 4 rings (SSSR count). The number of carbonyl (C=O) groups is 2.